The summed E-state index contributed by atoms with van der Waals surface area (Å²) in [4.78, 5) is 2.65. The van der Waals surface area contributed by atoms with Gasteiger partial charge in [-0.1, -0.05) is 13.8 Å². The molecule has 1 N–H and O–H groups in total. The second-order valence-corrected chi connectivity index (χ2v) is 5.45. The van der Waals surface area contributed by atoms with E-state index in [0.717, 1.165) is 18.5 Å². The molecule has 0 aromatic rings. The highest BCUT2D eigenvalue weighted by Gasteiger charge is 2.29. The predicted octanol–water partition coefficient (Wildman–Crippen LogP) is 2.49. The van der Waals surface area contributed by atoms with E-state index in [1.807, 2.05) is 0 Å². The molecule has 1 saturated heterocycles. The maximum Gasteiger partial charge on any atom is 0.0195 e. The molecule has 1 heterocycles. The van der Waals surface area contributed by atoms with E-state index in [2.05, 4.69) is 44.8 Å². The van der Waals surface area contributed by atoms with E-state index in [1.165, 1.54) is 19.4 Å². The summed E-state index contributed by atoms with van der Waals surface area (Å²) < 4.78 is 0. The fourth-order valence-electron chi connectivity index (χ4n) is 2.58. The van der Waals surface area contributed by atoms with Crippen LogP contribution in [0.15, 0.2) is 0 Å². The van der Waals surface area contributed by atoms with Gasteiger partial charge in [0.1, 0.15) is 0 Å². The number of nitrogens with one attached hydrogen (secondary N) is 1. The summed E-state index contributed by atoms with van der Waals surface area (Å²) in [6, 6.07) is 2.11. The van der Waals surface area contributed by atoms with Gasteiger partial charge >= 0.3 is 0 Å². The highest BCUT2D eigenvalue weighted by Crippen LogP contribution is 2.24. The van der Waals surface area contributed by atoms with Gasteiger partial charge in [0.25, 0.3) is 0 Å². The molecular weight excluding hydrogens is 184 g/mol. The van der Waals surface area contributed by atoms with Crippen molar-refractivity contribution in [2.45, 2.75) is 65.6 Å². The third-order valence-electron chi connectivity index (χ3n) is 3.77. The van der Waals surface area contributed by atoms with Gasteiger partial charge in [-0.15, -0.1) is 0 Å². The molecule has 1 aliphatic heterocycles. The minimum atomic E-state index is 0.655. The van der Waals surface area contributed by atoms with Crippen LogP contribution < -0.4 is 5.32 Å². The summed E-state index contributed by atoms with van der Waals surface area (Å²) >= 11 is 0. The third kappa shape index (κ3) is 3.76. The summed E-state index contributed by atoms with van der Waals surface area (Å²) in [6.45, 7) is 14.0. The van der Waals surface area contributed by atoms with Crippen molar-refractivity contribution in [3.05, 3.63) is 0 Å². The minimum absolute atomic E-state index is 0.655. The molecule has 0 amide bonds. The molecule has 0 aromatic carbocycles. The third-order valence-corrected chi connectivity index (χ3v) is 3.77. The molecule has 0 radical (unpaired) electrons. The molecule has 4 unspecified atom stereocenters. The smallest absolute Gasteiger partial charge is 0.0195 e. The Kier molecular flexibility index (Phi) is 5.07. The Morgan fingerprint density at radius 2 is 2.00 bits per heavy atom. The Bertz CT molecular complexity index is 181. The maximum absolute atomic E-state index is 3.60. The second kappa shape index (κ2) is 5.86. The number of nitrogens with zero attached hydrogens (tertiary/aromatic N) is 1. The van der Waals surface area contributed by atoms with Crippen LogP contribution in [0.1, 0.15) is 47.5 Å². The van der Waals surface area contributed by atoms with Crippen molar-refractivity contribution >= 4 is 0 Å². The lowest BCUT2D eigenvalue weighted by molar-refractivity contribution is 0.192. The van der Waals surface area contributed by atoms with Gasteiger partial charge in [-0.25, -0.2) is 0 Å². The zero-order valence-corrected chi connectivity index (χ0v) is 11.1. The molecule has 2 nitrogen and oxygen atoms in total. The molecule has 15 heavy (non-hydrogen) atoms. The predicted molar refractivity (Wildman–Crippen MR) is 67.2 cm³/mol. The zero-order valence-electron chi connectivity index (χ0n) is 11.1. The van der Waals surface area contributed by atoms with Gasteiger partial charge in [0.05, 0.1) is 0 Å². The van der Waals surface area contributed by atoms with E-state index >= 15 is 0 Å². The van der Waals surface area contributed by atoms with Crippen LogP contribution in [0.3, 0.4) is 0 Å². The van der Waals surface area contributed by atoms with Gasteiger partial charge < -0.3 is 5.32 Å². The summed E-state index contributed by atoms with van der Waals surface area (Å²) in [5.41, 5.74) is 0. The van der Waals surface area contributed by atoms with E-state index in [4.69, 9.17) is 0 Å². The van der Waals surface area contributed by atoms with Crippen LogP contribution in [-0.2, 0) is 0 Å². The van der Waals surface area contributed by atoms with Gasteiger partial charge in [-0.3, -0.25) is 4.90 Å². The van der Waals surface area contributed by atoms with E-state index in [1.54, 1.807) is 0 Å². The number of hydrogen-bond donors (Lipinski definition) is 1. The molecule has 1 rings (SSSR count). The van der Waals surface area contributed by atoms with E-state index in [9.17, 15) is 0 Å². The first-order valence-electron chi connectivity index (χ1n) is 6.53. The summed E-state index contributed by atoms with van der Waals surface area (Å²) in [7, 11) is 0. The van der Waals surface area contributed by atoms with Crippen molar-refractivity contribution < 1.29 is 0 Å². The Balaban J connectivity index is 2.30. The molecule has 0 aliphatic carbocycles. The quantitative estimate of drug-likeness (QED) is 0.753. The van der Waals surface area contributed by atoms with Crippen molar-refractivity contribution in [3.63, 3.8) is 0 Å². The average Bonchev–Trinajstić information content (AvgIpc) is 2.53. The molecular formula is C13H28N2. The first kappa shape index (κ1) is 13.0. The molecule has 0 aromatic heterocycles. The Labute approximate surface area is 95.4 Å². The Morgan fingerprint density at radius 3 is 2.47 bits per heavy atom. The largest absolute Gasteiger partial charge is 0.313 e. The summed E-state index contributed by atoms with van der Waals surface area (Å²) in [5.74, 6) is 0.881. The van der Waals surface area contributed by atoms with Crippen molar-refractivity contribution in [1.82, 2.24) is 10.2 Å². The van der Waals surface area contributed by atoms with E-state index < -0.39 is 0 Å². The lowest BCUT2D eigenvalue weighted by atomic mass is 10.1. The molecule has 2 heteroatoms. The lowest BCUT2D eigenvalue weighted by Gasteiger charge is -2.29. The second-order valence-electron chi connectivity index (χ2n) is 5.45. The SMILES string of the molecule is CCC(C)NCC(C)N1CC(C)CC1C. The van der Waals surface area contributed by atoms with Crippen LogP contribution in [0.25, 0.3) is 0 Å². The van der Waals surface area contributed by atoms with Crippen LogP contribution >= 0.6 is 0 Å². The van der Waals surface area contributed by atoms with Crippen LogP contribution in [0.2, 0.25) is 0 Å². The summed E-state index contributed by atoms with van der Waals surface area (Å²) in [6.07, 6.45) is 2.59. The molecule has 0 saturated carbocycles. The van der Waals surface area contributed by atoms with Crippen LogP contribution in [-0.4, -0.2) is 36.1 Å². The van der Waals surface area contributed by atoms with Crippen LogP contribution in [0.4, 0.5) is 0 Å². The van der Waals surface area contributed by atoms with Gasteiger partial charge in [-0.05, 0) is 39.5 Å². The molecule has 1 fully saturated rings. The van der Waals surface area contributed by atoms with E-state index in [0.29, 0.717) is 12.1 Å². The van der Waals surface area contributed by atoms with Crippen molar-refractivity contribution in [2.24, 2.45) is 5.92 Å². The fourth-order valence-corrected chi connectivity index (χ4v) is 2.58. The monoisotopic (exact) mass is 212 g/mol. The zero-order chi connectivity index (χ0) is 11.4. The molecule has 90 valence electrons. The average molecular weight is 212 g/mol. The van der Waals surface area contributed by atoms with Gasteiger partial charge in [-0.2, -0.15) is 0 Å². The Hall–Kier alpha value is -0.0800. The first-order valence-corrected chi connectivity index (χ1v) is 6.53. The normalized spacial score (nSPS) is 31.8. The highest BCUT2D eigenvalue weighted by molar-refractivity contribution is 4.84. The van der Waals surface area contributed by atoms with Crippen LogP contribution in [0.5, 0.6) is 0 Å². The topological polar surface area (TPSA) is 15.3 Å². The van der Waals surface area contributed by atoms with Crippen LogP contribution in [0, 0.1) is 5.92 Å². The Morgan fingerprint density at radius 1 is 1.33 bits per heavy atom. The van der Waals surface area contributed by atoms with Crippen molar-refractivity contribution in [2.75, 3.05) is 13.1 Å². The number of rotatable bonds is 5. The molecule has 4 atom stereocenters. The van der Waals surface area contributed by atoms with Crippen molar-refractivity contribution in [3.8, 4) is 0 Å². The molecule has 1 aliphatic rings. The summed E-state index contributed by atoms with van der Waals surface area (Å²) in [5, 5.41) is 3.60. The van der Waals surface area contributed by atoms with Crippen molar-refractivity contribution in [1.29, 1.82) is 0 Å². The number of likely N-dealkylation sites (tertiary alicyclic amines) is 1. The number of hydrogen-bond acceptors (Lipinski definition) is 2. The first-order chi connectivity index (χ1) is 7.04. The van der Waals surface area contributed by atoms with E-state index in [-0.39, 0.29) is 0 Å². The van der Waals surface area contributed by atoms with Gasteiger partial charge in [0.15, 0.2) is 0 Å². The maximum atomic E-state index is 3.60. The van der Waals surface area contributed by atoms with Gasteiger partial charge in [0, 0.05) is 31.2 Å². The standard InChI is InChI=1S/C13H28N2/c1-6-11(3)14-8-13(5)15-9-10(2)7-12(15)4/h10-14H,6-9H2,1-5H3. The minimum Gasteiger partial charge on any atom is -0.313 e. The molecule has 0 bridgehead atoms. The molecule has 0 spiro atoms. The fraction of sp³-hybridized carbons (Fsp3) is 1.00. The highest BCUT2D eigenvalue weighted by atomic mass is 15.2. The van der Waals surface area contributed by atoms with Gasteiger partial charge in [0.2, 0.25) is 0 Å². The lowest BCUT2D eigenvalue weighted by Crippen LogP contribution is -2.44.